The Hall–Kier alpha value is -5.39. The third kappa shape index (κ3) is 5.60. The van der Waals surface area contributed by atoms with E-state index >= 15 is 0 Å². The number of ether oxygens (including phenoxy) is 2. The summed E-state index contributed by atoms with van der Waals surface area (Å²) in [5.74, 6) is 0.537. The Morgan fingerprint density at radius 3 is 1.83 bits per heavy atom. The molecule has 272 valence electrons. The van der Waals surface area contributed by atoms with Gasteiger partial charge < -0.3 is 18.9 Å². The smallest absolute Gasteiger partial charge is 0.178 e. The summed E-state index contributed by atoms with van der Waals surface area (Å²) < 4.78 is 30.1. The summed E-state index contributed by atoms with van der Waals surface area (Å²) in [5.41, 5.74) is 8.94. The van der Waals surface area contributed by atoms with E-state index < -0.39 is 5.60 Å². The molecule has 0 spiro atoms. The van der Waals surface area contributed by atoms with Crippen LogP contribution in [0.2, 0.25) is 0 Å². The van der Waals surface area contributed by atoms with Crippen LogP contribution in [0.3, 0.4) is 0 Å². The zero-order valence-corrected chi connectivity index (χ0v) is 32.0. The Morgan fingerprint density at radius 2 is 1.20 bits per heavy atom. The van der Waals surface area contributed by atoms with Crippen LogP contribution in [0.4, 0.5) is 10.1 Å². The van der Waals surface area contributed by atoms with Gasteiger partial charge in [-0.3, -0.25) is 0 Å². The predicted molar refractivity (Wildman–Crippen MR) is 222 cm³/mol. The third-order valence-electron chi connectivity index (χ3n) is 11.4. The lowest BCUT2D eigenvalue weighted by Crippen LogP contribution is -2.37. The summed E-state index contributed by atoms with van der Waals surface area (Å²) in [6, 6.07) is 39.9. The van der Waals surface area contributed by atoms with Gasteiger partial charge in [-0.2, -0.15) is 0 Å². The molecule has 1 atom stereocenters. The summed E-state index contributed by atoms with van der Waals surface area (Å²) >= 11 is 0. The van der Waals surface area contributed by atoms with E-state index in [0.29, 0.717) is 0 Å². The SMILES string of the molecule is CC(C)(C)c1cc(-n2c3ccccc3c3c4ccccc4c4c(c32)C=CC(c2ccc(F)cc2)(c2ccc(N3CCOCC3)cc2)O4)cc(C(C)(C)C)c1. The molecule has 1 saturated heterocycles. The topological polar surface area (TPSA) is 26.6 Å². The number of nitrogens with zero attached hydrogens (tertiary/aromatic N) is 2. The molecule has 0 saturated carbocycles. The van der Waals surface area contributed by atoms with Gasteiger partial charge in [-0.25, -0.2) is 4.39 Å². The highest BCUT2D eigenvalue weighted by Gasteiger charge is 2.39. The van der Waals surface area contributed by atoms with Gasteiger partial charge in [0, 0.05) is 57.3 Å². The van der Waals surface area contributed by atoms with E-state index in [9.17, 15) is 4.39 Å². The molecule has 0 amide bonds. The number of fused-ring (bicyclic) bond motifs is 8. The summed E-state index contributed by atoms with van der Waals surface area (Å²) in [4.78, 5) is 2.35. The number of benzene rings is 6. The van der Waals surface area contributed by atoms with Gasteiger partial charge in [-0.05, 0) is 82.0 Å². The standard InChI is InChI=1S/C49H47FN2O2/c1-47(2,3)34-29-35(48(4,5)6)31-38(30-34)52-43-14-10-9-13-41(43)44-39-11-7-8-12-40(39)46-42(45(44)52)23-24-49(54-46,32-15-19-36(50)20-16-32)33-17-21-37(22-18-33)51-25-27-53-28-26-51/h7-24,29-31H,25-28H2,1-6H3. The first-order valence-corrected chi connectivity index (χ1v) is 19.1. The molecule has 7 aromatic rings. The van der Waals surface area contributed by atoms with E-state index in [2.05, 4.69) is 154 Å². The molecule has 0 bridgehead atoms. The van der Waals surface area contributed by atoms with Gasteiger partial charge in [0.15, 0.2) is 5.60 Å². The first-order chi connectivity index (χ1) is 25.9. The Kier molecular flexibility index (Phi) is 8.02. The van der Waals surface area contributed by atoms with Crippen LogP contribution in [0.15, 0.2) is 121 Å². The third-order valence-corrected chi connectivity index (χ3v) is 11.4. The predicted octanol–water partition coefficient (Wildman–Crippen LogP) is 11.9. The van der Waals surface area contributed by atoms with Gasteiger partial charge >= 0.3 is 0 Å². The van der Waals surface area contributed by atoms with E-state index in [1.807, 2.05) is 12.1 Å². The van der Waals surface area contributed by atoms with Crippen molar-refractivity contribution in [1.82, 2.24) is 4.57 Å². The van der Waals surface area contributed by atoms with Crippen LogP contribution >= 0.6 is 0 Å². The van der Waals surface area contributed by atoms with Crippen molar-refractivity contribution in [2.45, 2.75) is 58.0 Å². The molecule has 0 radical (unpaired) electrons. The van der Waals surface area contributed by atoms with Gasteiger partial charge in [0.05, 0.1) is 24.2 Å². The fourth-order valence-corrected chi connectivity index (χ4v) is 8.37. The van der Waals surface area contributed by atoms with Crippen LogP contribution < -0.4 is 9.64 Å². The molecule has 54 heavy (non-hydrogen) atoms. The molecular formula is C49H47FN2O2. The van der Waals surface area contributed by atoms with Crippen LogP contribution in [0.5, 0.6) is 5.75 Å². The fraction of sp³-hybridized carbons (Fsp3) is 0.265. The van der Waals surface area contributed by atoms with E-state index in [1.165, 1.54) is 34.0 Å². The van der Waals surface area contributed by atoms with E-state index in [1.54, 1.807) is 0 Å². The number of halogens is 1. The highest BCUT2D eigenvalue weighted by molar-refractivity contribution is 6.25. The second-order valence-electron chi connectivity index (χ2n) is 17.0. The summed E-state index contributed by atoms with van der Waals surface area (Å²) in [6.45, 7) is 16.9. The molecule has 6 aromatic carbocycles. The van der Waals surface area contributed by atoms with E-state index in [0.717, 1.165) is 81.9 Å². The quantitative estimate of drug-likeness (QED) is 0.182. The van der Waals surface area contributed by atoms with Crippen molar-refractivity contribution >= 4 is 44.3 Å². The molecular weight excluding hydrogens is 668 g/mol. The summed E-state index contributed by atoms with van der Waals surface area (Å²) in [7, 11) is 0. The number of morpholine rings is 1. The monoisotopic (exact) mass is 714 g/mol. The minimum atomic E-state index is -0.997. The normalized spacial score (nSPS) is 17.6. The Labute approximate surface area is 317 Å². The number of anilines is 1. The van der Waals surface area contributed by atoms with Crippen molar-refractivity contribution in [2.75, 3.05) is 31.2 Å². The maximum Gasteiger partial charge on any atom is 0.178 e. The fourth-order valence-electron chi connectivity index (χ4n) is 8.37. The minimum absolute atomic E-state index is 0.0456. The molecule has 9 rings (SSSR count). The van der Waals surface area contributed by atoms with Crippen molar-refractivity contribution < 1.29 is 13.9 Å². The number of hydrogen-bond donors (Lipinski definition) is 0. The molecule has 2 aliphatic heterocycles. The average Bonchev–Trinajstić information content (AvgIpc) is 3.53. The zero-order chi connectivity index (χ0) is 37.4. The molecule has 1 unspecified atom stereocenters. The van der Waals surface area contributed by atoms with Crippen LogP contribution in [0, 0.1) is 5.82 Å². The second kappa shape index (κ2) is 12.6. The van der Waals surface area contributed by atoms with Gasteiger partial charge in [0.2, 0.25) is 0 Å². The van der Waals surface area contributed by atoms with Gasteiger partial charge in [-0.1, -0.05) is 114 Å². The molecule has 4 nitrogen and oxygen atoms in total. The molecule has 2 aliphatic rings. The Balaban J connectivity index is 1.34. The minimum Gasteiger partial charge on any atom is -0.472 e. The van der Waals surface area contributed by atoms with E-state index in [-0.39, 0.29) is 16.6 Å². The summed E-state index contributed by atoms with van der Waals surface area (Å²) in [5, 5.41) is 4.58. The van der Waals surface area contributed by atoms with Gasteiger partial charge in [0.1, 0.15) is 11.6 Å². The average molecular weight is 715 g/mol. The second-order valence-corrected chi connectivity index (χ2v) is 17.0. The molecule has 5 heteroatoms. The number of hydrogen-bond acceptors (Lipinski definition) is 3. The van der Waals surface area contributed by atoms with Crippen LogP contribution in [0.1, 0.15) is 69.4 Å². The molecule has 1 aromatic heterocycles. The van der Waals surface area contributed by atoms with Crippen LogP contribution in [-0.2, 0) is 21.2 Å². The Bertz CT molecular complexity index is 2550. The molecule has 1 fully saturated rings. The molecule has 0 N–H and O–H groups in total. The highest BCUT2D eigenvalue weighted by atomic mass is 19.1. The van der Waals surface area contributed by atoms with Crippen molar-refractivity contribution in [3.05, 3.63) is 155 Å². The van der Waals surface area contributed by atoms with Crippen molar-refractivity contribution in [3.8, 4) is 11.4 Å². The lowest BCUT2D eigenvalue weighted by atomic mass is 9.80. The highest BCUT2D eigenvalue weighted by Crippen LogP contribution is 2.51. The van der Waals surface area contributed by atoms with E-state index in [4.69, 9.17) is 9.47 Å². The Morgan fingerprint density at radius 1 is 0.630 bits per heavy atom. The maximum absolute atomic E-state index is 14.5. The van der Waals surface area contributed by atoms with Crippen LogP contribution in [-0.4, -0.2) is 30.9 Å². The largest absolute Gasteiger partial charge is 0.472 e. The van der Waals surface area contributed by atoms with Gasteiger partial charge in [-0.15, -0.1) is 0 Å². The van der Waals surface area contributed by atoms with Crippen molar-refractivity contribution in [1.29, 1.82) is 0 Å². The lowest BCUT2D eigenvalue weighted by molar-refractivity contribution is 0.122. The molecule has 3 heterocycles. The number of rotatable bonds is 4. The first-order valence-electron chi connectivity index (χ1n) is 19.1. The van der Waals surface area contributed by atoms with Crippen LogP contribution in [0.25, 0.3) is 44.3 Å². The number of para-hydroxylation sites is 1. The van der Waals surface area contributed by atoms with Crippen molar-refractivity contribution in [3.63, 3.8) is 0 Å². The van der Waals surface area contributed by atoms with Gasteiger partial charge in [0.25, 0.3) is 0 Å². The zero-order valence-electron chi connectivity index (χ0n) is 32.0. The summed E-state index contributed by atoms with van der Waals surface area (Å²) in [6.07, 6.45) is 4.43. The maximum atomic E-state index is 14.5. The van der Waals surface area contributed by atoms with Crippen molar-refractivity contribution in [2.24, 2.45) is 0 Å². The molecule has 0 aliphatic carbocycles. The number of aromatic nitrogens is 1. The first kappa shape index (κ1) is 34.4. The lowest BCUT2D eigenvalue weighted by Gasteiger charge is -2.37.